The number of anilines is 1. The van der Waals surface area contributed by atoms with Gasteiger partial charge in [-0.25, -0.2) is 9.52 Å². The molecule has 0 saturated heterocycles. The lowest BCUT2D eigenvalue weighted by Gasteiger charge is -2.18. The highest BCUT2D eigenvalue weighted by Gasteiger charge is 2.21. The summed E-state index contributed by atoms with van der Waals surface area (Å²) >= 11 is 0. The molecule has 0 spiro atoms. The Kier molecular flexibility index (Phi) is 4.12. The van der Waals surface area contributed by atoms with Gasteiger partial charge in [-0.05, 0) is 24.3 Å². The van der Waals surface area contributed by atoms with Crippen LogP contribution in [0.15, 0.2) is 24.3 Å². The van der Waals surface area contributed by atoms with Crippen LogP contribution in [0.5, 0.6) is 0 Å². The van der Waals surface area contributed by atoms with E-state index in [-0.39, 0.29) is 0 Å². The third-order valence-electron chi connectivity index (χ3n) is 2.12. The number of methoxy groups -OCH3 is 1. The lowest BCUT2D eigenvalue weighted by Crippen LogP contribution is -2.41. The lowest BCUT2D eigenvalue weighted by atomic mass is 10.2. The van der Waals surface area contributed by atoms with E-state index in [4.69, 9.17) is 5.26 Å². The van der Waals surface area contributed by atoms with Gasteiger partial charge in [0.05, 0.1) is 24.4 Å². The fraction of sp³-hybridized carbons (Fsp3) is 0.200. The number of carbonyl (C=O) groups is 1. The number of nitriles is 1. The maximum absolute atomic E-state index is 11.7. The normalized spacial score (nSPS) is 10.3. The van der Waals surface area contributed by atoms with Gasteiger partial charge in [0.15, 0.2) is 0 Å². The highest BCUT2D eigenvalue weighted by atomic mass is 32.2. The van der Waals surface area contributed by atoms with Crippen LogP contribution in [-0.2, 0) is 14.9 Å². The fourth-order valence-corrected chi connectivity index (χ4v) is 1.93. The molecule has 0 unspecified atom stereocenters. The molecule has 0 aliphatic heterocycles. The van der Waals surface area contributed by atoms with Gasteiger partial charge < -0.3 is 4.74 Å². The Balaban J connectivity index is 2.95. The third-order valence-corrected chi connectivity index (χ3v) is 3.47. The average molecular weight is 269 g/mol. The zero-order valence-corrected chi connectivity index (χ0v) is 10.6. The van der Waals surface area contributed by atoms with Gasteiger partial charge in [-0.2, -0.15) is 13.7 Å². The Morgan fingerprint density at radius 2 is 1.94 bits per heavy atom. The zero-order valence-electron chi connectivity index (χ0n) is 9.75. The number of benzene rings is 1. The van der Waals surface area contributed by atoms with Crippen molar-refractivity contribution in [2.24, 2.45) is 0 Å². The molecule has 18 heavy (non-hydrogen) atoms. The first-order chi connectivity index (χ1) is 8.40. The maximum Gasteiger partial charge on any atom is 0.422 e. The molecule has 0 radical (unpaired) electrons. The van der Waals surface area contributed by atoms with Crippen molar-refractivity contribution in [1.82, 2.24) is 4.72 Å². The second-order valence-electron chi connectivity index (χ2n) is 3.22. The largest absolute Gasteiger partial charge is 0.452 e. The van der Waals surface area contributed by atoms with Gasteiger partial charge in [0.1, 0.15) is 0 Å². The Morgan fingerprint density at radius 1 is 1.39 bits per heavy atom. The van der Waals surface area contributed by atoms with Gasteiger partial charge >= 0.3 is 16.3 Å². The number of amides is 1. The first-order valence-electron chi connectivity index (χ1n) is 4.75. The number of hydrogen-bond acceptors (Lipinski definition) is 5. The summed E-state index contributed by atoms with van der Waals surface area (Å²) < 4.78 is 30.2. The average Bonchev–Trinajstić information content (AvgIpc) is 2.37. The first-order valence-corrected chi connectivity index (χ1v) is 6.19. The first kappa shape index (κ1) is 13.8. The van der Waals surface area contributed by atoms with E-state index in [2.05, 4.69) is 4.74 Å². The second-order valence-corrected chi connectivity index (χ2v) is 4.93. The van der Waals surface area contributed by atoms with E-state index in [0.29, 0.717) is 11.3 Å². The smallest absolute Gasteiger partial charge is 0.422 e. The van der Waals surface area contributed by atoms with Crippen molar-refractivity contribution < 1.29 is 17.9 Å². The Bertz CT molecular complexity index is 574. The van der Waals surface area contributed by atoms with Crippen LogP contribution >= 0.6 is 0 Å². The predicted octanol–water partition coefficient (Wildman–Crippen LogP) is 0.595. The summed E-state index contributed by atoms with van der Waals surface area (Å²) in [6.45, 7) is 0. The molecule has 0 aromatic heterocycles. The van der Waals surface area contributed by atoms with Gasteiger partial charge in [-0.15, -0.1) is 0 Å². The number of nitrogens with zero attached hydrogens (tertiary/aromatic N) is 2. The van der Waals surface area contributed by atoms with Gasteiger partial charge in [0, 0.05) is 7.05 Å². The minimum atomic E-state index is -4.02. The molecule has 0 bridgehead atoms. The van der Waals surface area contributed by atoms with Crippen molar-refractivity contribution in [3.05, 3.63) is 29.8 Å². The van der Waals surface area contributed by atoms with Gasteiger partial charge in [-0.3, -0.25) is 4.31 Å². The van der Waals surface area contributed by atoms with Crippen LogP contribution in [0.25, 0.3) is 0 Å². The second kappa shape index (κ2) is 5.37. The van der Waals surface area contributed by atoms with E-state index in [9.17, 15) is 13.2 Å². The topological polar surface area (TPSA) is 99.5 Å². The van der Waals surface area contributed by atoms with E-state index in [1.54, 1.807) is 4.72 Å². The molecule has 7 nitrogen and oxygen atoms in total. The minimum absolute atomic E-state index is 0.311. The van der Waals surface area contributed by atoms with Crippen molar-refractivity contribution in [1.29, 1.82) is 5.26 Å². The van der Waals surface area contributed by atoms with Crippen LogP contribution in [-0.4, -0.2) is 28.7 Å². The van der Waals surface area contributed by atoms with Gasteiger partial charge in [0.25, 0.3) is 0 Å². The molecule has 0 saturated carbocycles. The standard InChI is InChI=1S/C10H11N3O4S/c1-13(18(15,16)12-10(14)17-2)9-5-3-8(7-11)4-6-9/h3-6H,1-2H3,(H,12,14). The fourth-order valence-electron chi connectivity index (χ4n) is 1.10. The Hall–Kier alpha value is -2.27. The maximum atomic E-state index is 11.7. The van der Waals surface area contributed by atoms with Crippen LogP contribution in [0.4, 0.5) is 10.5 Å². The number of hydrogen-bond donors (Lipinski definition) is 1. The molecular formula is C10H11N3O4S. The number of rotatable bonds is 3. The van der Waals surface area contributed by atoms with E-state index in [0.717, 1.165) is 11.4 Å². The van der Waals surface area contributed by atoms with E-state index in [1.807, 2.05) is 6.07 Å². The Labute approximate surface area is 105 Å². The SMILES string of the molecule is COC(=O)NS(=O)(=O)N(C)c1ccc(C#N)cc1. The Morgan fingerprint density at radius 3 is 2.39 bits per heavy atom. The molecule has 1 N–H and O–H groups in total. The summed E-state index contributed by atoms with van der Waals surface area (Å²) in [4.78, 5) is 10.9. The van der Waals surface area contributed by atoms with Crippen LogP contribution in [0, 0.1) is 11.3 Å². The zero-order chi connectivity index (χ0) is 13.8. The van der Waals surface area contributed by atoms with Crippen LogP contribution in [0.1, 0.15) is 5.56 Å². The van der Waals surface area contributed by atoms with Gasteiger partial charge in [0.2, 0.25) is 0 Å². The summed E-state index contributed by atoms with van der Waals surface area (Å²) in [6, 6.07) is 7.77. The van der Waals surface area contributed by atoms with Gasteiger partial charge in [-0.1, -0.05) is 0 Å². The summed E-state index contributed by atoms with van der Waals surface area (Å²) in [5.41, 5.74) is 0.718. The predicted molar refractivity (Wildman–Crippen MR) is 64.0 cm³/mol. The number of ether oxygens (including phenoxy) is 1. The minimum Gasteiger partial charge on any atom is -0.452 e. The summed E-state index contributed by atoms with van der Waals surface area (Å²) in [5, 5.41) is 8.62. The quantitative estimate of drug-likeness (QED) is 0.865. The van der Waals surface area contributed by atoms with Crippen molar-refractivity contribution in [2.75, 3.05) is 18.5 Å². The van der Waals surface area contributed by atoms with Crippen LogP contribution < -0.4 is 9.03 Å². The molecule has 1 amide bonds. The highest BCUT2D eigenvalue weighted by Crippen LogP contribution is 2.15. The molecule has 1 aromatic rings. The number of carbonyl (C=O) groups excluding carboxylic acids is 1. The molecule has 0 heterocycles. The summed E-state index contributed by atoms with van der Waals surface area (Å²) in [6.07, 6.45) is -1.07. The molecule has 0 aliphatic rings. The molecule has 0 aliphatic carbocycles. The van der Waals surface area contributed by atoms with E-state index in [1.165, 1.54) is 31.3 Å². The molecule has 0 atom stereocenters. The molecule has 96 valence electrons. The highest BCUT2D eigenvalue weighted by molar-refractivity contribution is 7.91. The molecular weight excluding hydrogens is 258 g/mol. The molecule has 1 rings (SSSR count). The van der Waals surface area contributed by atoms with Crippen LogP contribution in [0.2, 0.25) is 0 Å². The van der Waals surface area contributed by atoms with E-state index < -0.39 is 16.3 Å². The molecule has 1 aromatic carbocycles. The lowest BCUT2D eigenvalue weighted by molar-refractivity contribution is 0.177. The van der Waals surface area contributed by atoms with E-state index >= 15 is 0 Å². The van der Waals surface area contributed by atoms with Crippen molar-refractivity contribution in [3.63, 3.8) is 0 Å². The van der Waals surface area contributed by atoms with Crippen molar-refractivity contribution in [2.45, 2.75) is 0 Å². The monoisotopic (exact) mass is 269 g/mol. The van der Waals surface area contributed by atoms with Crippen molar-refractivity contribution in [3.8, 4) is 6.07 Å². The molecule has 0 fully saturated rings. The third kappa shape index (κ3) is 3.11. The number of nitrogens with one attached hydrogen (secondary N) is 1. The van der Waals surface area contributed by atoms with Crippen LogP contribution in [0.3, 0.4) is 0 Å². The summed E-state index contributed by atoms with van der Waals surface area (Å²) in [5.74, 6) is 0. The summed E-state index contributed by atoms with van der Waals surface area (Å²) in [7, 11) is -1.69. The molecule has 8 heteroatoms. The van der Waals surface area contributed by atoms with Crippen molar-refractivity contribution >= 4 is 22.0 Å².